The maximum atomic E-state index is 13.7. The second-order valence-electron chi connectivity index (χ2n) is 3.37. The highest BCUT2D eigenvalue weighted by Gasteiger charge is 2.11. The Hall–Kier alpha value is -2.17. The summed E-state index contributed by atoms with van der Waals surface area (Å²) >= 11 is 0. The first-order valence-electron chi connectivity index (χ1n) is 4.88. The van der Waals surface area contributed by atoms with Crippen molar-refractivity contribution < 1.29 is 18.7 Å². The predicted octanol–water partition coefficient (Wildman–Crippen LogP) is 2.17. The number of aromatic nitrogens is 1. The summed E-state index contributed by atoms with van der Waals surface area (Å²) in [6.45, 7) is 0. The zero-order chi connectivity index (χ0) is 12.4. The van der Waals surface area contributed by atoms with Crippen molar-refractivity contribution in [2.45, 2.75) is 0 Å². The minimum absolute atomic E-state index is 0.0732. The van der Waals surface area contributed by atoms with Crippen molar-refractivity contribution in [2.24, 2.45) is 0 Å². The number of ether oxygens (including phenoxy) is 2. The van der Waals surface area contributed by atoms with Crippen LogP contribution in [0.25, 0.3) is 10.9 Å². The van der Waals surface area contributed by atoms with E-state index in [9.17, 15) is 9.18 Å². The smallest absolute Gasteiger partial charge is 0.356 e. The number of hydrogen-bond donors (Lipinski definition) is 0. The Morgan fingerprint density at radius 2 is 2.06 bits per heavy atom. The van der Waals surface area contributed by atoms with E-state index in [-0.39, 0.29) is 11.2 Å². The minimum Gasteiger partial charge on any atom is -0.497 e. The average Bonchev–Trinajstić information content (AvgIpc) is 2.37. The molecule has 2 rings (SSSR count). The summed E-state index contributed by atoms with van der Waals surface area (Å²) in [5.41, 5.74) is 0.192. The molecule has 1 aromatic heterocycles. The lowest BCUT2D eigenvalue weighted by Crippen LogP contribution is -2.04. The van der Waals surface area contributed by atoms with Crippen LogP contribution in [0, 0.1) is 5.82 Å². The van der Waals surface area contributed by atoms with E-state index >= 15 is 0 Å². The topological polar surface area (TPSA) is 48.4 Å². The first kappa shape index (κ1) is 11.3. The van der Waals surface area contributed by atoms with Gasteiger partial charge in [0.15, 0.2) is 5.82 Å². The molecule has 5 heteroatoms. The monoisotopic (exact) mass is 235 g/mol. The number of halogens is 1. The van der Waals surface area contributed by atoms with Gasteiger partial charge in [0.25, 0.3) is 0 Å². The van der Waals surface area contributed by atoms with Crippen LogP contribution in [-0.4, -0.2) is 25.2 Å². The highest BCUT2D eigenvalue weighted by Crippen LogP contribution is 2.23. The molecule has 0 saturated carbocycles. The molecule has 2 aromatic rings. The fraction of sp³-hybridized carbons (Fsp3) is 0.167. The molecule has 17 heavy (non-hydrogen) atoms. The van der Waals surface area contributed by atoms with Gasteiger partial charge in [-0.1, -0.05) is 6.07 Å². The molecule has 0 aliphatic heterocycles. The number of carbonyl (C=O) groups is 1. The van der Waals surface area contributed by atoms with Gasteiger partial charge in [0, 0.05) is 11.5 Å². The summed E-state index contributed by atoms with van der Waals surface area (Å²) in [5.74, 6) is -0.727. The van der Waals surface area contributed by atoms with Crippen LogP contribution < -0.4 is 4.74 Å². The molecule has 4 nitrogen and oxygen atoms in total. The van der Waals surface area contributed by atoms with E-state index in [0.717, 1.165) is 0 Å². The molecular formula is C12H10FNO3. The van der Waals surface area contributed by atoms with Crippen molar-refractivity contribution in [3.05, 3.63) is 35.8 Å². The maximum Gasteiger partial charge on any atom is 0.356 e. The predicted molar refractivity (Wildman–Crippen MR) is 59.6 cm³/mol. The average molecular weight is 235 g/mol. The molecule has 0 fully saturated rings. The number of nitrogens with zero attached hydrogens (tertiary/aromatic N) is 1. The normalized spacial score (nSPS) is 10.3. The zero-order valence-corrected chi connectivity index (χ0v) is 9.36. The Bertz CT molecular complexity index is 583. The fourth-order valence-electron chi connectivity index (χ4n) is 1.50. The van der Waals surface area contributed by atoms with Gasteiger partial charge < -0.3 is 9.47 Å². The summed E-state index contributed by atoms with van der Waals surface area (Å²) < 4.78 is 23.2. The first-order chi connectivity index (χ1) is 8.15. The van der Waals surface area contributed by atoms with E-state index in [1.165, 1.54) is 26.4 Å². The van der Waals surface area contributed by atoms with Gasteiger partial charge in [0.2, 0.25) is 0 Å². The molecule has 1 heterocycles. The van der Waals surface area contributed by atoms with Crippen molar-refractivity contribution in [3.63, 3.8) is 0 Å². The molecule has 88 valence electrons. The summed E-state index contributed by atoms with van der Waals surface area (Å²) in [6, 6.07) is 5.94. The molecule has 0 atom stereocenters. The van der Waals surface area contributed by atoms with Gasteiger partial charge in [0.1, 0.15) is 17.0 Å². The Morgan fingerprint density at radius 3 is 2.71 bits per heavy atom. The molecule has 0 N–H and O–H groups in total. The van der Waals surface area contributed by atoms with Gasteiger partial charge in [-0.2, -0.15) is 0 Å². The maximum absolute atomic E-state index is 13.7. The van der Waals surface area contributed by atoms with Crippen LogP contribution >= 0.6 is 0 Å². The van der Waals surface area contributed by atoms with Crippen molar-refractivity contribution in [1.29, 1.82) is 0 Å². The number of pyridine rings is 1. The lowest BCUT2D eigenvalue weighted by Gasteiger charge is -2.05. The molecule has 0 radical (unpaired) electrons. The molecule has 0 amide bonds. The largest absolute Gasteiger partial charge is 0.497 e. The van der Waals surface area contributed by atoms with E-state index in [4.69, 9.17) is 4.74 Å². The molecule has 0 aliphatic carbocycles. The summed E-state index contributed by atoms with van der Waals surface area (Å²) in [5, 5.41) is 0.564. The van der Waals surface area contributed by atoms with Crippen LogP contribution in [0.2, 0.25) is 0 Å². The van der Waals surface area contributed by atoms with E-state index in [1.807, 2.05) is 0 Å². The molecule has 0 aliphatic rings. The number of hydrogen-bond acceptors (Lipinski definition) is 4. The Labute approximate surface area is 97.0 Å². The van der Waals surface area contributed by atoms with Crippen LogP contribution in [-0.2, 0) is 4.74 Å². The van der Waals surface area contributed by atoms with E-state index in [0.29, 0.717) is 11.1 Å². The number of esters is 1. The molecular weight excluding hydrogens is 225 g/mol. The van der Waals surface area contributed by atoms with E-state index < -0.39 is 11.8 Å². The lowest BCUT2D eigenvalue weighted by atomic mass is 10.2. The van der Waals surface area contributed by atoms with Crippen molar-refractivity contribution >= 4 is 16.9 Å². The zero-order valence-electron chi connectivity index (χ0n) is 9.36. The minimum atomic E-state index is -0.595. The summed E-state index contributed by atoms with van der Waals surface area (Å²) in [4.78, 5) is 15.2. The third kappa shape index (κ3) is 2.04. The van der Waals surface area contributed by atoms with Crippen LogP contribution in [0.4, 0.5) is 4.39 Å². The number of benzene rings is 1. The van der Waals surface area contributed by atoms with Gasteiger partial charge in [-0.05, 0) is 12.1 Å². The molecule has 0 spiro atoms. The fourth-order valence-corrected chi connectivity index (χ4v) is 1.50. The number of rotatable bonds is 2. The van der Waals surface area contributed by atoms with Gasteiger partial charge >= 0.3 is 5.97 Å². The highest BCUT2D eigenvalue weighted by molar-refractivity contribution is 5.91. The Balaban J connectivity index is 2.62. The van der Waals surface area contributed by atoms with Gasteiger partial charge in [-0.3, -0.25) is 0 Å². The molecule has 1 aromatic carbocycles. The quantitative estimate of drug-likeness (QED) is 0.748. The van der Waals surface area contributed by atoms with E-state index in [2.05, 4.69) is 9.72 Å². The highest BCUT2D eigenvalue weighted by atomic mass is 19.1. The van der Waals surface area contributed by atoms with E-state index in [1.54, 1.807) is 12.1 Å². The van der Waals surface area contributed by atoms with Gasteiger partial charge in [-0.25, -0.2) is 14.2 Å². The molecule has 0 bridgehead atoms. The standard InChI is InChI=1S/C12H10FNO3/c1-16-8-5-7-3-4-10(12(15)17-2)14-11(7)9(13)6-8/h3-6H,1-2H3. The SMILES string of the molecule is COC(=O)c1ccc2cc(OC)cc(F)c2n1. The first-order valence-corrected chi connectivity index (χ1v) is 4.88. The lowest BCUT2D eigenvalue weighted by molar-refractivity contribution is 0.0594. The second kappa shape index (κ2) is 4.37. The summed E-state index contributed by atoms with van der Waals surface area (Å²) in [6.07, 6.45) is 0. The Morgan fingerprint density at radius 1 is 1.29 bits per heavy atom. The number of carbonyl (C=O) groups excluding carboxylic acids is 1. The van der Waals surface area contributed by atoms with Crippen molar-refractivity contribution in [3.8, 4) is 5.75 Å². The third-order valence-corrected chi connectivity index (χ3v) is 2.35. The Kier molecular flexibility index (Phi) is 2.91. The number of methoxy groups -OCH3 is 2. The third-order valence-electron chi connectivity index (χ3n) is 2.35. The summed E-state index contributed by atoms with van der Waals surface area (Å²) in [7, 11) is 2.70. The van der Waals surface area contributed by atoms with Gasteiger partial charge in [0.05, 0.1) is 14.2 Å². The molecule has 0 unspecified atom stereocenters. The van der Waals surface area contributed by atoms with Crippen LogP contribution in [0.5, 0.6) is 5.75 Å². The van der Waals surface area contributed by atoms with Gasteiger partial charge in [-0.15, -0.1) is 0 Å². The van der Waals surface area contributed by atoms with Crippen LogP contribution in [0.15, 0.2) is 24.3 Å². The number of fused-ring (bicyclic) bond motifs is 1. The van der Waals surface area contributed by atoms with Crippen molar-refractivity contribution in [2.75, 3.05) is 14.2 Å². The second-order valence-corrected chi connectivity index (χ2v) is 3.37. The van der Waals surface area contributed by atoms with Crippen molar-refractivity contribution in [1.82, 2.24) is 4.98 Å². The molecule has 0 saturated heterocycles. The van der Waals surface area contributed by atoms with Crippen LogP contribution in [0.1, 0.15) is 10.5 Å². The van der Waals surface area contributed by atoms with Crippen LogP contribution in [0.3, 0.4) is 0 Å².